The van der Waals surface area contributed by atoms with Crippen molar-refractivity contribution in [2.45, 2.75) is 18.9 Å². The molecule has 0 aromatic heterocycles. The molecule has 5 aliphatic heterocycles. The van der Waals surface area contributed by atoms with Gasteiger partial charge in [0.1, 0.15) is 11.7 Å². The number of benzene rings is 2. The van der Waals surface area contributed by atoms with Gasteiger partial charge in [-0.15, -0.1) is 0 Å². The first-order chi connectivity index (χ1) is 19.6. The highest BCUT2D eigenvalue weighted by atomic mass is 32.2. The van der Waals surface area contributed by atoms with Gasteiger partial charge in [0.2, 0.25) is 0 Å². The van der Waals surface area contributed by atoms with Gasteiger partial charge in [0.15, 0.2) is 5.17 Å². The minimum absolute atomic E-state index is 0.199. The van der Waals surface area contributed by atoms with Crippen molar-refractivity contribution < 1.29 is 9.18 Å². The van der Waals surface area contributed by atoms with Gasteiger partial charge in [-0.3, -0.25) is 9.79 Å². The summed E-state index contributed by atoms with van der Waals surface area (Å²) in [5, 5.41) is 7.41. The zero-order valence-electron chi connectivity index (χ0n) is 22.1. The third-order valence-electron chi connectivity index (χ3n) is 7.95. The van der Waals surface area contributed by atoms with E-state index in [4.69, 9.17) is 5.10 Å². The Labute approximate surface area is 237 Å². The number of carbonyl (C=O) groups is 1. The van der Waals surface area contributed by atoms with Crippen molar-refractivity contribution in [2.24, 2.45) is 15.1 Å². The summed E-state index contributed by atoms with van der Waals surface area (Å²) in [6.07, 6.45) is 7.83. The van der Waals surface area contributed by atoms with Gasteiger partial charge in [-0.05, 0) is 72.7 Å². The molecule has 0 saturated carbocycles. The maximum absolute atomic E-state index is 15.5. The summed E-state index contributed by atoms with van der Waals surface area (Å²) in [6.45, 7) is 5.62. The number of hydrogen-bond donors (Lipinski definition) is 0. The van der Waals surface area contributed by atoms with E-state index in [2.05, 4.69) is 36.8 Å². The molecule has 2 aromatic rings. The molecule has 40 heavy (non-hydrogen) atoms. The largest absolute Gasteiger partial charge is 0.368 e. The van der Waals surface area contributed by atoms with Gasteiger partial charge < -0.3 is 14.7 Å². The van der Waals surface area contributed by atoms with Gasteiger partial charge in [0.05, 0.1) is 28.9 Å². The van der Waals surface area contributed by atoms with E-state index in [1.54, 1.807) is 12.1 Å². The van der Waals surface area contributed by atoms with Crippen LogP contribution in [0, 0.1) is 5.82 Å². The second-order valence-corrected chi connectivity index (χ2v) is 11.5. The van der Waals surface area contributed by atoms with Crippen molar-refractivity contribution in [3.63, 3.8) is 0 Å². The third kappa shape index (κ3) is 4.81. The van der Waals surface area contributed by atoms with Crippen molar-refractivity contribution in [1.29, 1.82) is 0 Å². The predicted molar refractivity (Wildman–Crippen MR) is 160 cm³/mol. The summed E-state index contributed by atoms with van der Waals surface area (Å²) in [4.78, 5) is 28.6. The van der Waals surface area contributed by atoms with E-state index in [9.17, 15) is 4.79 Å². The maximum atomic E-state index is 15.5. The minimum Gasteiger partial charge on any atom is -0.368 e. The fourth-order valence-electron chi connectivity index (χ4n) is 5.79. The van der Waals surface area contributed by atoms with E-state index >= 15 is 4.39 Å². The van der Waals surface area contributed by atoms with Crippen LogP contribution in [0.2, 0.25) is 0 Å². The zero-order chi connectivity index (χ0) is 27.1. The van der Waals surface area contributed by atoms with E-state index in [0.717, 1.165) is 68.7 Å². The number of anilines is 2. The Kier molecular flexibility index (Phi) is 6.63. The van der Waals surface area contributed by atoms with E-state index in [-0.39, 0.29) is 17.8 Å². The molecule has 8 nitrogen and oxygen atoms in total. The second kappa shape index (κ2) is 10.6. The molecule has 5 heterocycles. The Bertz CT molecular complexity index is 1470. The summed E-state index contributed by atoms with van der Waals surface area (Å²) in [5.41, 5.74) is 3.33. The molecule has 204 valence electrons. The highest BCUT2D eigenvalue weighted by Crippen LogP contribution is 2.34. The number of nitrogens with zero attached hydrogens (tertiary/aromatic N) is 7. The summed E-state index contributed by atoms with van der Waals surface area (Å²) in [6, 6.07) is 15.7. The van der Waals surface area contributed by atoms with E-state index < -0.39 is 0 Å². The smallest absolute Gasteiger partial charge is 0.286 e. The first kappa shape index (κ1) is 25.1. The second-order valence-electron chi connectivity index (χ2n) is 10.4. The van der Waals surface area contributed by atoms with Gasteiger partial charge in [-0.25, -0.2) is 9.40 Å². The molecule has 2 fully saturated rings. The molecule has 7 rings (SSSR count). The molecular formula is C30H30FN7OS. The average molecular weight is 556 g/mol. The lowest BCUT2D eigenvalue weighted by atomic mass is 10.1. The molecule has 1 unspecified atom stereocenters. The van der Waals surface area contributed by atoms with Crippen LogP contribution in [0.15, 0.2) is 86.8 Å². The highest BCUT2D eigenvalue weighted by molar-refractivity contribution is 8.18. The molecule has 2 saturated heterocycles. The van der Waals surface area contributed by atoms with Gasteiger partial charge in [0.25, 0.3) is 5.91 Å². The average Bonchev–Trinajstić information content (AvgIpc) is 3.74. The van der Waals surface area contributed by atoms with Gasteiger partial charge >= 0.3 is 0 Å². The van der Waals surface area contributed by atoms with Crippen LogP contribution in [0.25, 0.3) is 0 Å². The monoisotopic (exact) mass is 555 g/mol. The molecule has 0 radical (unpaired) electrons. The number of allylic oxidation sites excluding steroid dienone is 2. The van der Waals surface area contributed by atoms with Crippen molar-refractivity contribution in [3.05, 3.63) is 83.0 Å². The topological polar surface area (TPSA) is 67.1 Å². The highest BCUT2D eigenvalue weighted by Gasteiger charge is 2.32. The molecule has 2 aromatic carbocycles. The van der Waals surface area contributed by atoms with Gasteiger partial charge in [0, 0.05) is 45.0 Å². The Morgan fingerprint density at radius 2 is 1.68 bits per heavy atom. The Morgan fingerprint density at radius 1 is 0.900 bits per heavy atom. The maximum Gasteiger partial charge on any atom is 0.286 e. The number of thioether (sulfide) groups is 1. The fraction of sp³-hybridized carbons (Fsp3) is 0.333. The number of hydrazone groups is 1. The van der Waals surface area contributed by atoms with Crippen LogP contribution in [-0.2, 0) is 4.79 Å². The predicted octanol–water partition coefficient (Wildman–Crippen LogP) is 4.44. The minimum atomic E-state index is -0.225. The number of rotatable bonds is 4. The summed E-state index contributed by atoms with van der Waals surface area (Å²) < 4.78 is 15.5. The number of carbonyl (C=O) groups excluding carboxylic acids is 1. The lowest BCUT2D eigenvalue weighted by Gasteiger charge is -2.37. The van der Waals surface area contributed by atoms with E-state index in [0.29, 0.717) is 22.8 Å². The quantitative estimate of drug-likeness (QED) is 0.520. The zero-order valence-corrected chi connectivity index (χ0v) is 22.9. The lowest BCUT2D eigenvalue weighted by molar-refractivity contribution is -0.113. The van der Waals surface area contributed by atoms with Crippen molar-refractivity contribution in [3.8, 4) is 0 Å². The van der Waals surface area contributed by atoms with Crippen LogP contribution in [0.1, 0.15) is 24.4 Å². The molecule has 10 heteroatoms. The number of halogens is 1. The van der Waals surface area contributed by atoms with Crippen molar-refractivity contribution in [2.75, 3.05) is 55.6 Å². The first-order valence-electron chi connectivity index (χ1n) is 13.8. The number of para-hydroxylation sites is 1. The Balaban J connectivity index is 1.04. The SMILES string of the molecule is O=C1N=C(N2CCCC2)S/C1=C\C1=NN2C(=NCC2c2ccc(N3CCN(c4ccccc4)CC3)c(F)c2)C=C1. The number of hydrogen-bond acceptors (Lipinski definition) is 8. The molecular weight excluding hydrogens is 525 g/mol. The van der Waals surface area contributed by atoms with Crippen LogP contribution in [0.5, 0.6) is 0 Å². The molecule has 0 spiro atoms. The van der Waals surface area contributed by atoms with E-state index in [1.807, 2.05) is 47.5 Å². The number of piperazine rings is 1. The summed E-state index contributed by atoms with van der Waals surface area (Å²) >= 11 is 1.41. The van der Waals surface area contributed by atoms with Gasteiger partial charge in [-0.2, -0.15) is 10.1 Å². The van der Waals surface area contributed by atoms with Crippen LogP contribution in [-0.4, -0.2) is 78.3 Å². The molecule has 1 amide bonds. The summed E-state index contributed by atoms with van der Waals surface area (Å²) in [5.74, 6) is 0.299. The molecule has 0 aliphatic carbocycles. The number of likely N-dealkylation sites (tertiary alicyclic amines) is 1. The van der Waals surface area contributed by atoms with Crippen LogP contribution < -0.4 is 9.80 Å². The molecule has 0 bridgehead atoms. The normalized spacial score (nSPS) is 23.6. The third-order valence-corrected chi connectivity index (χ3v) is 8.99. The first-order valence-corrected chi connectivity index (χ1v) is 14.7. The number of fused-ring (bicyclic) bond motifs is 1. The van der Waals surface area contributed by atoms with E-state index in [1.165, 1.54) is 17.4 Å². The van der Waals surface area contributed by atoms with Crippen LogP contribution >= 0.6 is 11.8 Å². The number of amidine groups is 2. The number of amides is 1. The molecule has 1 atom stereocenters. The Hall–Kier alpha value is -3.92. The Morgan fingerprint density at radius 3 is 2.45 bits per heavy atom. The van der Waals surface area contributed by atoms with Crippen molar-refractivity contribution in [1.82, 2.24) is 9.91 Å². The van der Waals surface area contributed by atoms with Crippen LogP contribution in [0.3, 0.4) is 0 Å². The van der Waals surface area contributed by atoms with Crippen molar-refractivity contribution >= 4 is 45.8 Å². The fourth-order valence-corrected chi connectivity index (χ4v) is 6.74. The standard InChI is InChI=1S/C30H30FN7OS/c31-24-18-21(8-10-25(24)36-16-14-35(15-17-36)23-6-2-1-3-7-23)26-20-32-28-11-9-22(34-38(26)28)19-27-29(39)33-30(40-27)37-12-4-5-13-37/h1-3,6-11,18-19,26H,4-5,12-17,20H2/b27-19-. The lowest BCUT2D eigenvalue weighted by Crippen LogP contribution is -2.46. The molecule has 0 N–H and O–H groups in total. The summed E-state index contributed by atoms with van der Waals surface area (Å²) in [7, 11) is 0. The number of aliphatic imine (C=N–C) groups is 2. The van der Waals surface area contributed by atoms with Gasteiger partial charge in [-0.1, -0.05) is 24.3 Å². The molecule has 5 aliphatic rings. The van der Waals surface area contributed by atoms with Crippen LogP contribution in [0.4, 0.5) is 15.8 Å².